The molecular weight excluding hydrogens is 390 g/mol. The Bertz CT molecular complexity index is 728. The van der Waals surface area contributed by atoms with E-state index in [4.69, 9.17) is 9.72 Å². The maximum Gasteiger partial charge on any atom is 0.119 e. The number of hydrogen-bond acceptors (Lipinski definition) is 2. The number of nitrogens with zero attached hydrogens (tertiary/aromatic N) is 1. The number of aromatic nitrogens is 1. The highest BCUT2D eigenvalue weighted by Crippen LogP contribution is 2.34. The molecule has 1 fully saturated rings. The molecule has 0 amide bonds. The predicted octanol–water partition coefficient (Wildman–Crippen LogP) is 9.03. The van der Waals surface area contributed by atoms with Gasteiger partial charge in [-0.1, -0.05) is 90.5 Å². The fourth-order valence-corrected chi connectivity index (χ4v) is 5.13. The standard InChI is InChI=1S/C30H45NO/c1-3-5-6-7-8-9-23-32-29-20-18-28(19-21-29)30-22-17-27(24-31-30)16-15-26-13-11-25(10-4-2)12-14-26/h17-22,24-26H,3-16,23H2,1-2H3. The Morgan fingerprint density at radius 1 is 0.750 bits per heavy atom. The second-order valence-electron chi connectivity index (χ2n) is 9.91. The van der Waals surface area contributed by atoms with Crippen molar-refractivity contribution in [3.8, 4) is 17.0 Å². The van der Waals surface area contributed by atoms with Crippen LogP contribution in [-0.4, -0.2) is 11.6 Å². The van der Waals surface area contributed by atoms with Crippen LogP contribution in [-0.2, 0) is 6.42 Å². The summed E-state index contributed by atoms with van der Waals surface area (Å²) in [5.74, 6) is 2.89. The molecular formula is C30H45NO. The average Bonchev–Trinajstić information content (AvgIpc) is 2.84. The smallest absolute Gasteiger partial charge is 0.119 e. The van der Waals surface area contributed by atoms with Gasteiger partial charge in [-0.05, 0) is 67.0 Å². The summed E-state index contributed by atoms with van der Waals surface area (Å²) < 4.78 is 5.91. The second-order valence-corrected chi connectivity index (χ2v) is 9.91. The first-order chi connectivity index (χ1) is 15.8. The molecule has 0 saturated heterocycles. The van der Waals surface area contributed by atoms with E-state index in [1.54, 1.807) is 0 Å². The molecule has 1 aliphatic carbocycles. The van der Waals surface area contributed by atoms with Gasteiger partial charge in [-0.2, -0.15) is 0 Å². The van der Waals surface area contributed by atoms with Crippen LogP contribution in [0.25, 0.3) is 11.3 Å². The topological polar surface area (TPSA) is 22.1 Å². The van der Waals surface area contributed by atoms with E-state index in [9.17, 15) is 0 Å². The Kier molecular flexibility index (Phi) is 11.1. The number of benzene rings is 1. The lowest BCUT2D eigenvalue weighted by molar-refractivity contribution is 0.252. The van der Waals surface area contributed by atoms with E-state index in [2.05, 4.69) is 56.4 Å². The van der Waals surface area contributed by atoms with Crippen molar-refractivity contribution in [3.63, 3.8) is 0 Å². The Labute approximate surface area is 197 Å². The number of aryl methyl sites for hydroxylation is 1. The van der Waals surface area contributed by atoms with E-state index in [-0.39, 0.29) is 0 Å². The Morgan fingerprint density at radius 3 is 2.09 bits per heavy atom. The number of pyridine rings is 1. The third kappa shape index (κ3) is 8.60. The third-order valence-corrected chi connectivity index (χ3v) is 7.25. The minimum absolute atomic E-state index is 0.818. The predicted molar refractivity (Wildman–Crippen MR) is 137 cm³/mol. The zero-order valence-corrected chi connectivity index (χ0v) is 20.7. The van der Waals surface area contributed by atoms with Crippen molar-refractivity contribution in [2.45, 2.75) is 104 Å². The number of ether oxygens (including phenoxy) is 1. The van der Waals surface area contributed by atoms with E-state index in [0.717, 1.165) is 41.9 Å². The SMILES string of the molecule is CCCCCCCCOc1ccc(-c2ccc(CCC3CCC(CCC)CC3)cn2)cc1. The highest BCUT2D eigenvalue weighted by atomic mass is 16.5. The molecule has 0 radical (unpaired) electrons. The van der Waals surface area contributed by atoms with Gasteiger partial charge < -0.3 is 4.74 Å². The molecule has 1 aromatic carbocycles. The summed E-state index contributed by atoms with van der Waals surface area (Å²) in [6, 6.07) is 12.9. The molecule has 0 aliphatic heterocycles. The summed E-state index contributed by atoms with van der Waals surface area (Å²) in [7, 11) is 0. The molecule has 1 aliphatic rings. The van der Waals surface area contributed by atoms with Gasteiger partial charge in [0.05, 0.1) is 12.3 Å². The summed E-state index contributed by atoms with van der Waals surface area (Å²) in [5, 5.41) is 0. The highest BCUT2D eigenvalue weighted by molar-refractivity contribution is 5.60. The Balaban J connectivity index is 1.37. The zero-order valence-electron chi connectivity index (χ0n) is 20.7. The summed E-state index contributed by atoms with van der Waals surface area (Å²) in [6.45, 7) is 5.40. The van der Waals surface area contributed by atoms with Gasteiger partial charge in [-0.15, -0.1) is 0 Å². The maximum atomic E-state index is 5.91. The molecule has 176 valence electrons. The van der Waals surface area contributed by atoms with Crippen LogP contribution in [0, 0.1) is 11.8 Å². The number of rotatable bonds is 14. The minimum atomic E-state index is 0.818. The van der Waals surface area contributed by atoms with Crippen LogP contribution in [0.5, 0.6) is 5.75 Å². The van der Waals surface area contributed by atoms with Crippen molar-refractivity contribution in [1.82, 2.24) is 4.98 Å². The van der Waals surface area contributed by atoms with Crippen molar-refractivity contribution in [1.29, 1.82) is 0 Å². The summed E-state index contributed by atoms with van der Waals surface area (Å²) in [4.78, 5) is 4.75. The zero-order chi connectivity index (χ0) is 22.4. The second kappa shape index (κ2) is 14.3. The van der Waals surface area contributed by atoms with Crippen molar-refractivity contribution in [2.75, 3.05) is 6.61 Å². The van der Waals surface area contributed by atoms with Gasteiger partial charge in [-0.25, -0.2) is 0 Å². The molecule has 0 spiro atoms. The van der Waals surface area contributed by atoms with E-state index >= 15 is 0 Å². The first kappa shape index (κ1) is 24.8. The Hall–Kier alpha value is -1.83. The van der Waals surface area contributed by atoms with Gasteiger partial charge in [0.1, 0.15) is 5.75 Å². The summed E-state index contributed by atoms with van der Waals surface area (Å²) in [5.41, 5.74) is 3.59. The van der Waals surface area contributed by atoms with Crippen molar-refractivity contribution in [3.05, 3.63) is 48.2 Å². The van der Waals surface area contributed by atoms with E-state index < -0.39 is 0 Å². The van der Waals surface area contributed by atoms with Crippen LogP contribution in [0.15, 0.2) is 42.6 Å². The number of hydrogen-bond donors (Lipinski definition) is 0. The molecule has 1 heterocycles. The molecule has 3 rings (SSSR count). The van der Waals surface area contributed by atoms with Crippen LogP contribution >= 0.6 is 0 Å². The van der Waals surface area contributed by atoms with Crippen LogP contribution in [0.2, 0.25) is 0 Å². The first-order valence-electron chi connectivity index (χ1n) is 13.5. The average molecular weight is 436 g/mol. The fourth-order valence-electron chi connectivity index (χ4n) is 5.13. The van der Waals surface area contributed by atoms with E-state index in [0.29, 0.717) is 0 Å². The minimum Gasteiger partial charge on any atom is -0.494 e. The lowest BCUT2D eigenvalue weighted by Crippen LogP contribution is -2.15. The molecule has 0 unspecified atom stereocenters. The Morgan fingerprint density at radius 2 is 1.44 bits per heavy atom. The largest absolute Gasteiger partial charge is 0.494 e. The molecule has 1 saturated carbocycles. The van der Waals surface area contributed by atoms with E-state index in [1.165, 1.54) is 89.0 Å². The molecule has 0 bridgehead atoms. The first-order valence-corrected chi connectivity index (χ1v) is 13.5. The molecule has 1 aromatic heterocycles. The van der Waals surface area contributed by atoms with Gasteiger partial charge in [0.25, 0.3) is 0 Å². The lowest BCUT2D eigenvalue weighted by atomic mass is 9.78. The van der Waals surface area contributed by atoms with Crippen LogP contribution in [0.4, 0.5) is 0 Å². The van der Waals surface area contributed by atoms with Crippen LogP contribution < -0.4 is 4.74 Å². The normalized spacial score (nSPS) is 18.6. The van der Waals surface area contributed by atoms with Gasteiger partial charge in [0, 0.05) is 11.8 Å². The van der Waals surface area contributed by atoms with Crippen LogP contribution in [0.1, 0.15) is 103 Å². The highest BCUT2D eigenvalue weighted by Gasteiger charge is 2.20. The molecule has 2 heteroatoms. The molecule has 0 atom stereocenters. The fraction of sp³-hybridized carbons (Fsp3) is 0.633. The van der Waals surface area contributed by atoms with Gasteiger partial charge in [0.15, 0.2) is 0 Å². The quantitative estimate of drug-likeness (QED) is 0.276. The van der Waals surface area contributed by atoms with E-state index in [1.807, 2.05) is 0 Å². The van der Waals surface area contributed by atoms with Gasteiger partial charge in [-0.3, -0.25) is 4.98 Å². The molecule has 2 nitrogen and oxygen atoms in total. The van der Waals surface area contributed by atoms with Crippen molar-refractivity contribution in [2.24, 2.45) is 11.8 Å². The molecule has 0 N–H and O–H groups in total. The third-order valence-electron chi connectivity index (χ3n) is 7.25. The van der Waals surface area contributed by atoms with Gasteiger partial charge in [0.2, 0.25) is 0 Å². The maximum absolute atomic E-state index is 5.91. The molecule has 32 heavy (non-hydrogen) atoms. The van der Waals surface area contributed by atoms with Gasteiger partial charge >= 0.3 is 0 Å². The monoisotopic (exact) mass is 435 g/mol. The molecule has 2 aromatic rings. The van der Waals surface area contributed by atoms with Crippen LogP contribution in [0.3, 0.4) is 0 Å². The lowest BCUT2D eigenvalue weighted by Gasteiger charge is -2.28. The summed E-state index contributed by atoms with van der Waals surface area (Å²) >= 11 is 0. The van der Waals surface area contributed by atoms with Crippen molar-refractivity contribution < 1.29 is 4.74 Å². The summed E-state index contributed by atoms with van der Waals surface area (Å²) in [6.07, 6.45) is 20.9. The number of unbranched alkanes of at least 4 members (excludes halogenated alkanes) is 5. The van der Waals surface area contributed by atoms with Crippen molar-refractivity contribution >= 4 is 0 Å².